The number of carbonyl (C=O) groups excluding carboxylic acids is 1. The van der Waals surface area contributed by atoms with Crippen molar-refractivity contribution in [2.24, 2.45) is 0 Å². The number of carboxylic acids is 1. The minimum Gasteiger partial charge on any atom is -0.506 e. The number of benzene rings is 1. The number of aromatic nitrogens is 1. The van der Waals surface area contributed by atoms with Gasteiger partial charge >= 0.3 is 5.97 Å². The molecule has 1 amide bonds. The van der Waals surface area contributed by atoms with E-state index >= 15 is 0 Å². The predicted molar refractivity (Wildman–Crippen MR) is 73.6 cm³/mol. The van der Waals surface area contributed by atoms with E-state index in [-0.39, 0.29) is 22.6 Å². The van der Waals surface area contributed by atoms with Gasteiger partial charge < -0.3 is 20.1 Å². The normalized spacial score (nSPS) is 10.4. The first-order chi connectivity index (χ1) is 9.93. The van der Waals surface area contributed by atoms with Gasteiger partial charge in [0, 0.05) is 0 Å². The van der Waals surface area contributed by atoms with Crippen LogP contribution in [0, 0.1) is 6.92 Å². The molecule has 21 heavy (non-hydrogen) atoms. The van der Waals surface area contributed by atoms with Crippen LogP contribution in [-0.4, -0.2) is 27.2 Å². The molecule has 0 spiro atoms. The number of phenolic OH excluding ortho intramolecular Hbond substituents is 1. The Bertz CT molecular complexity index is 705. The van der Waals surface area contributed by atoms with Crippen LogP contribution in [0.15, 0.2) is 22.7 Å². The highest BCUT2D eigenvalue weighted by Gasteiger charge is 2.20. The number of hydrogen-bond acceptors (Lipinski definition) is 5. The van der Waals surface area contributed by atoms with Gasteiger partial charge in [-0.3, -0.25) is 4.79 Å². The van der Waals surface area contributed by atoms with E-state index in [0.717, 1.165) is 0 Å². The molecule has 7 heteroatoms. The van der Waals surface area contributed by atoms with Crippen LogP contribution in [0.2, 0.25) is 0 Å². The second kappa shape index (κ2) is 5.66. The molecule has 0 aliphatic carbocycles. The van der Waals surface area contributed by atoms with Crippen LogP contribution in [0.3, 0.4) is 0 Å². The Hall–Kier alpha value is -2.83. The Morgan fingerprint density at radius 1 is 1.38 bits per heavy atom. The van der Waals surface area contributed by atoms with Gasteiger partial charge in [-0.1, -0.05) is 12.1 Å². The quantitative estimate of drug-likeness (QED) is 0.744. The van der Waals surface area contributed by atoms with E-state index in [9.17, 15) is 14.7 Å². The van der Waals surface area contributed by atoms with Crippen molar-refractivity contribution < 1.29 is 24.3 Å². The summed E-state index contributed by atoms with van der Waals surface area (Å²) >= 11 is 0. The number of amides is 1. The van der Waals surface area contributed by atoms with Crippen LogP contribution in [-0.2, 0) is 6.42 Å². The van der Waals surface area contributed by atoms with Gasteiger partial charge in [-0.2, -0.15) is 0 Å². The molecule has 1 aromatic carbocycles. The third-order valence-corrected chi connectivity index (χ3v) is 2.99. The minimum atomic E-state index is -1.15. The first-order valence-electron chi connectivity index (χ1n) is 6.26. The number of carboxylic acid groups (broad SMARTS) is 1. The summed E-state index contributed by atoms with van der Waals surface area (Å²) in [5.41, 5.74) is 0.764. The maximum absolute atomic E-state index is 12.2. The van der Waals surface area contributed by atoms with E-state index < -0.39 is 11.9 Å². The lowest BCUT2D eigenvalue weighted by Gasteiger charge is -2.08. The van der Waals surface area contributed by atoms with Crippen molar-refractivity contribution in [1.82, 2.24) is 5.16 Å². The van der Waals surface area contributed by atoms with Crippen molar-refractivity contribution in [2.45, 2.75) is 20.3 Å². The van der Waals surface area contributed by atoms with Crippen molar-refractivity contribution in [3.8, 4) is 5.75 Å². The molecule has 0 unspecified atom stereocenters. The zero-order valence-electron chi connectivity index (χ0n) is 11.5. The molecule has 110 valence electrons. The molecular formula is C14H14N2O5. The van der Waals surface area contributed by atoms with Gasteiger partial charge in [0.2, 0.25) is 0 Å². The van der Waals surface area contributed by atoms with E-state index in [1.807, 2.05) is 6.92 Å². The largest absolute Gasteiger partial charge is 0.506 e. The summed E-state index contributed by atoms with van der Waals surface area (Å²) in [6.45, 7) is 3.44. The molecule has 3 N–H and O–H groups in total. The summed E-state index contributed by atoms with van der Waals surface area (Å²) < 4.78 is 4.97. The molecule has 7 nitrogen and oxygen atoms in total. The first kappa shape index (κ1) is 14.6. The Balaban J connectivity index is 2.33. The summed E-state index contributed by atoms with van der Waals surface area (Å²) in [6, 6.07) is 3.64. The number of aryl methyl sites for hydroxylation is 2. The van der Waals surface area contributed by atoms with Gasteiger partial charge in [0.05, 0.1) is 16.9 Å². The number of carbonyl (C=O) groups is 2. The lowest BCUT2D eigenvalue weighted by Crippen LogP contribution is -2.15. The van der Waals surface area contributed by atoms with Crippen molar-refractivity contribution in [3.05, 3.63) is 40.8 Å². The maximum Gasteiger partial charge on any atom is 0.335 e. The number of hydrogen-bond donors (Lipinski definition) is 3. The van der Waals surface area contributed by atoms with Crippen molar-refractivity contribution in [1.29, 1.82) is 0 Å². The number of anilines is 1. The number of aromatic carboxylic acids is 1. The number of nitrogens with zero attached hydrogens (tertiary/aromatic N) is 1. The molecule has 0 radical (unpaired) electrons. The van der Waals surface area contributed by atoms with Crippen LogP contribution in [0.1, 0.15) is 39.1 Å². The van der Waals surface area contributed by atoms with Gasteiger partial charge in [-0.05, 0) is 31.5 Å². The molecule has 0 bridgehead atoms. The average Bonchev–Trinajstić information content (AvgIpc) is 2.82. The summed E-state index contributed by atoms with van der Waals surface area (Å²) in [7, 11) is 0. The predicted octanol–water partition coefficient (Wildman–Crippen LogP) is 2.20. The average molecular weight is 290 g/mol. The lowest BCUT2D eigenvalue weighted by molar-refractivity contribution is 0.0696. The van der Waals surface area contributed by atoms with Crippen LogP contribution in [0.5, 0.6) is 5.75 Å². The first-order valence-corrected chi connectivity index (χ1v) is 6.26. The second-order valence-corrected chi connectivity index (χ2v) is 4.41. The monoisotopic (exact) mass is 290 g/mol. The molecule has 2 aromatic rings. The maximum atomic E-state index is 12.2. The van der Waals surface area contributed by atoms with Gasteiger partial charge in [0.25, 0.3) is 5.91 Å². The van der Waals surface area contributed by atoms with Crippen LogP contribution in [0.25, 0.3) is 0 Å². The molecule has 0 atom stereocenters. The SMILES string of the molecule is CCc1noc(C)c1C(=O)Nc1cc(C(=O)O)ccc1O. The summed E-state index contributed by atoms with van der Waals surface area (Å²) in [6.07, 6.45) is 0.515. The second-order valence-electron chi connectivity index (χ2n) is 4.41. The fourth-order valence-electron chi connectivity index (χ4n) is 1.90. The van der Waals surface area contributed by atoms with Crippen LogP contribution in [0.4, 0.5) is 5.69 Å². The number of aromatic hydroxyl groups is 1. The molecule has 0 saturated carbocycles. The Kier molecular flexibility index (Phi) is 3.93. The third kappa shape index (κ3) is 2.86. The fourth-order valence-corrected chi connectivity index (χ4v) is 1.90. The van der Waals surface area contributed by atoms with Crippen molar-refractivity contribution >= 4 is 17.6 Å². The molecular weight excluding hydrogens is 276 g/mol. The van der Waals surface area contributed by atoms with E-state index in [1.165, 1.54) is 18.2 Å². The number of nitrogens with one attached hydrogen (secondary N) is 1. The van der Waals surface area contributed by atoms with Crippen molar-refractivity contribution in [3.63, 3.8) is 0 Å². The molecule has 0 aliphatic rings. The Morgan fingerprint density at radius 3 is 2.71 bits per heavy atom. The lowest BCUT2D eigenvalue weighted by atomic mass is 10.1. The molecule has 1 aromatic heterocycles. The number of rotatable bonds is 4. The highest BCUT2D eigenvalue weighted by atomic mass is 16.5. The standard InChI is InChI=1S/C14H14N2O5/c1-3-9-12(7(2)21-16-9)13(18)15-10-6-8(14(19)20)4-5-11(10)17/h4-6,17H,3H2,1-2H3,(H,15,18)(H,19,20). The third-order valence-electron chi connectivity index (χ3n) is 2.99. The van der Waals surface area contributed by atoms with Gasteiger partial charge in [-0.25, -0.2) is 4.79 Å². The highest BCUT2D eigenvalue weighted by molar-refractivity contribution is 6.07. The summed E-state index contributed by atoms with van der Waals surface area (Å²) in [5.74, 6) is -1.52. The summed E-state index contributed by atoms with van der Waals surface area (Å²) in [5, 5.41) is 24.9. The molecule has 0 fully saturated rings. The molecule has 0 saturated heterocycles. The Labute approximate surface area is 120 Å². The zero-order valence-corrected chi connectivity index (χ0v) is 11.5. The minimum absolute atomic E-state index is 0.0163. The number of phenols is 1. The zero-order chi connectivity index (χ0) is 15.6. The summed E-state index contributed by atoms with van der Waals surface area (Å²) in [4.78, 5) is 23.2. The van der Waals surface area contributed by atoms with Gasteiger partial charge in [0.1, 0.15) is 17.1 Å². The van der Waals surface area contributed by atoms with Gasteiger partial charge in [0.15, 0.2) is 0 Å². The highest BCUT2D eigenvalue weighted by Crippen LogP contribution is 2.26. The topological polar surface area (TPSA) is 113 Å². The Morgan fingerprint density at radius 2 is 2.10 bits per heavy atom. The molecule has 1 heterocycles. The van der Waals surface area contributed by atoms with E-state index in [1.54, 1.807) is 6.92 Å². The van der Waals surface area contributed by atoms with Crippen LogP contribution < -0.4 is 5.32 Å². The van der Waals surface area contributed by atoms with E-state index in [2.05, 4.69) is 10.5 Å². The van der Waals surface area contributed by atoms with E-state index in [4.69, 9.17) is 9.63 Å². The van der Waals surface area contributed by atoms with E-state index in [0.29, 0.717) is 17.9 Å². The van der Waals surface area contributed by atoms with Crippen LogP contribution >= 0.6 is 0 Å². The van der Waals surface area contributed by atoms with Gasteiger partial charge in [-0.15, -0.1) is 0 Å². The molecule has 0 aliphatic heterocycles. The smallest absolute Gasteiger partial charge is 0.335 e. The van der Waals surface area contributed by atoms with Crippen molar-refractivity contribution in [2.75, 3.05) is 5.32 Å². The fraction of sp³-hybridized carbons (Fsp3) is 0.214. The molecule has 2 rings (SSSR count).